The lowest BCUT2D eigenvalue weighted by Gasteiger charge is -2.11. The molecule has 0 aliphatic carbocycles. The minimum absolute atomic E-state index is 0.419. The van der Waals surface area contributed by atoms with Crippen LogP contribution < -0.4 is 10.0 Å². The molecule has 1 aromatic carbocycles. The van der Waals surface area contributed by atoms with Crippen LogP contribution in [0.1, 0.15) is 22.3 Å². The predicted molar refractivity (Wildman–Crippen MR) is 75.2 cm³/mol. The molecule has 0 unspecified atom stereocenters. The SMILES string of the molecule is Cc1cc(C)c(CNCCNS(C)(=O)=O)cc1C. The van der Waals surface area contributed by atoms with E-state index in [0.717, 1.165) is 6.54 Å². The fraction of sp³-hybridized carbons (Fsp3) is 0.538. The average Bonchev–Trinajstić information content (AvgIpc) is 2.23. The molecule has 1 rings (SSSR count). The van der Waals surface area contributed by atoms with E-state index in [2.05, 4.69) is 42.9 Å². The fourth-order valence-electron chi connectivity index (χ4n) is 1.76. The van der Waals surface area contributed by atoms with Crippen molar-refractivity contribution in [1.29, 1.82) is 0 Å². The van der Waals surface area contributed by atoms with Gasteiger partial charge in [0.1, 0.15) is 0 Å². The third-order valence-corrected chi connectivity index (χ3v) is 3.66. The Balaban J connectivity index is 2.43. The summed E-state index contributed by atoms with van der Waals surface area (Å²) in [7, 11) is -3.08. The van der Waals surface area contributed by atoms with Gasteiger partial charge in [-0.2, -0.15) is 0 Å². The Labute approximate surface area is 110 Å². The van der Waals surface area contributed by atoms with Crippen LogP contribution in [0.3, 0.4) is 0 Å². The Morgan fingerprint density at radius 2 is 1.61 bits per heavy atom. The highest BCUT2D eigenvalue weighted by molar-refractivity contribution is 7.88. The molecule has 0 spiro atoms. The van der Waals surface area contributed by atoms with Crippen LogP contribution in [0.25, 0.3) is 0 Å². The number of nitrogens with one attached hydrogen (secondary N) is 2. The summed E-state index contributed by atoms with van der Waals surface area (Å²) in [6.45, 7) is 8.11. The van der Waals surface area contributed by atoms with Gasteiger partial charge in [-0.05, 0) is 43.0 Å². The Hall–Kier alpha value is -0.910. The van der Waals surface area contributed by atoms with Gasteiger partial charge in [-0.3, -0.25) is 0 Å². The Kier molecular flexibility index (Phi) is 5.31. The highest BCUT2D eigenvalue weighted by atomic mass is 32.2. The van der Waals surface area contributed by atoms with Crippen LogP contribution in [0.4, 0.5) is 0 Å². The zero-order valence-electron chi connectivity index (χ0n) is 11.5. The standard InChI is InChI=1S/C13H22N2O2S/c1-10-7-12(3)13(8-11(10)2)9-14-5-6-15-18(4,16)17/h7-8,14-15H,5-6,9H2,1-4H3. The van der Waals surface area contributed by atoms with Crippen LogP contribution in [-0.2, 0) is 16.6 Å². The molecule has 0 aliphatic heterocycles. The predicted octanol–water partition coefficient (Wildman–Crippen LogP) is 1.25. The van der Waals surface area contributed by atoms with Gasteiger partial charge in [-0.15, -0.1) is 0 Å². The maximum absolute atomic E-state index is 10.9. The maximum atomic E-state index is 10.9. The second-order valence-corrected chi connectivity index (χ2v) is 6.54. The van der Waals surface area contributed by atoms with Gasteiger partial charge in [0.25, 0.3) is 0 Å². The summed E-state index contributed by atoms with van der Waals surface area (Å²) < 4.78 is 24.2. The first kappa shape index (κ1) is 15.1. The van der Waals surface area contributed by atoms with Crippen molar-refractivity contribution in [2.24, 2.45) is 0 Å². The minimum Gasteiger partial charge on any atom is -0.311 e. The molecule has 0 fully saturated rings. The Morgan fingerprint density at radius 3 is 2.22 bits per heavy atom. The van der Waals surface area contributed by atoms with Crippen LogP contribution in [0, 0.1) is 20.8 Å². The number of rotatable bonds is 6. The smallest absolute Gasteiger partial charge is 0.208 e. The zero-order chi connectivity index (χ0) is 13.8. The number of hydrogen-bond donors (Lipinski definition) is 2. The van der Waals surface area contributed by atoms with Crippen molar-refractivity contribution >= 4 is 10.0 Å². The van der Waals surface area contributed by atoms with E-state index >= 15 is 0 Å². The fourth-order valence-corrected chi connectivity index (χ4v) is 2.23. The molecule has 0 aromatic heterocycles. The summed E-state index contributed by atoms with van der Waals surface area (Å²) in [5.74, 6) is 0. The van der Waals surface area contributed by atoms with Gasteiger partial charge in [0.2, 0.25) is 10.0 Å². The second kappa shape index (κ2) is 6.31. The maximum Gasteiger partial charge on any atom is 0.208 e. The number of benzene rings is 1. The van der Waals surface area contributed by atoms with E-state index in [0.29, 0.717) is 13.1 Å². The molecule has 0 saturated heterocycles. The van der Waals surface area contributed by atoms with Gasteiger partial charge >= 0.3 is 0 Å². The van der Waals surface area contributed by atoms with E-state index in [-0.39, 0.29) is 0 Å². The van der Waals surface area contributed by atoms with Crippen molar-refractivity contribution in [2.75, 3.05) is 19.3 Å². The van der Waals surface area contributed by atoms with Gasteiger partial charge in [-0.25, -0.2) is 13.1 Å². The van der Waals surface area contributed by atoms with E-state index in [1.54, 1.807) is 0 Å². The molecule has 18 heavy (non-hydrogen) atoms. The molecule has 0 atom stereocenters. The second-order valence-electron chi connectivity index (χ2n) is 4.71. The largest absolute Gasteiger partial charge is 0.311 e. The molecule has 5 heteroatoms. The lowest BCUT2D eigenvalue weighted by molar-refractivity contribution is 0.581. The van der Waals surface area contributed by atoms with Crippen LogP contribution in [0.15, 0.2) is 12.1 Å². The van der Waals surface area contributed by atoms with Crippen molar-refractivity contribution in [3.05, 3.63) is 34.4 Å². The number of sulfonamides is 1. The summed E-state index contributed by atoms with van der Waals surface area (Å²) in [6.07, 6.45) is 1.17. The summed E-state index contributed by atoms with van der Waals surface area (Å²) >= 11 is 0. The Morgan fingerprint density at radius 1 is 1.00 bits per heavy atom. The van der Waals surface area contributed by atoms with E-state index in [1.165, 1.54) is 28.5 Å². The first-order valence-corrected chi connectivity index (χ1v) is 7.91. The molecule has 4 nitrogen and oxygen atoms in total. The average molecular weight is 270 g/mol. The van der Waals surface area contributed by atoms with Gasteiger partial charge in [0.15, 0.2) is 0 Å². The third kappa shape index (κ3) is 5.16. The van der Waals surface area contributed by atoms with Gasteiger partial charge < -0.3 is 5.32 Å². The molecule has 2 N–H and O–H groups in total. The minimum atomic E-state index is -3.08. The van der Waals surface area contributed by atoms with E-state index in [9.17, 15) is 8.42 Å². The quantitative estimate of drug-likeness (QED) is 0.765. The summed E-state index contributed by atoms with van der Waals surface area (Å²) in [4.78, 5) is 0. The molecule has 0 radical (unpaired) electrons. The van der Waals surface area contributed by atoms with E-state index in [1.807, 2.05) is 0 Å². The summed E-state index contributed by atoms with van der Waals surface area (Å²) in [5, 5.41) is 3.23. The van der Waals surface area contributed by atoms with Crippen molar-refractivity contribution in [3.63, 3.8) is 0 Å². The van der Waals surface area contributed by atoms with E-state index in [4.69, 9.17) is 0 Å². The topological polar surface area (TPSA) is 58.2 Å². The van der Waals surface area contributed by atoms with Crippen molar-refractivity contribution in [3.8, 4) is 0 Å². The highest BCUT2D eigenvalue weighted by Gasteiger charge is 2.02. The lowest BCUT2D eigenvalue weighted by atomic mass is 10.0. The first-order chi connectivity index (χ1) is 8.29. The van der Waals surface area contributed by atoms with Gasteiger partial charge in [0.05, 0.1) is 6.26 Å². The van der Waals surface area contributed by atoms with Crippen molar-refractivity contribution in [2.45, 2.75) is 27.3 Å². The normalized spacial score (nSPS) is 11.8. The molecule has 0 amide bonds. The summed E-state index contributed by atoms with van der Waals surface area (Å²) in [6, 6.07) is 4.36. The number of hydrogen-bond acceptors (Lipinski definition) is 3. The molecule has 0 saturated carbocycles. The zero-order valence-corrected chi connectivity index (χ0v) is 12.3. The van der Waals surface area contributed by atoms with Crippen molar-refractivity contribution < 1.29 is 8.42 Å². The van der Waals surface area contributed by atoms with Gasteiger partial charge in [-0.1, -0.05) is 12.1 Å². The molecular formula is C13H22N2O2S. The summed E-state index contributed by atoms with van der Waals surface area (Å²) in [5.41, 5.74) is 5.11. The molecule has 102 valence electrons. The van der Waals surface area contributed by atoms with Crippen LogP contribution in [0.2, 0.25) is 0 Å². The highest BCUT2D eigenvalue weighted by Crippen LogP contribution is 2.14. The molecule has 0 heterocycles. The monoisotopic (exact) mass is 270 g/mol. The van der Waals surface area contributed by atoms with Crippen LogP contribution in [-0.4, -0.2) is 27.8 Å². The first-order valence-electron chi connectivity index (χ1n) is 6.01. The molecule has 1 aromatic rings. The molecule has 0 aliphatic rings. The lowest BCUT2D eigenvalue weighted by Crippen LogP contribution is -2.30. The van der Waals surface area contributed by atoms with Gasteiger partial charge in [0, 0.05) is 19.6 Å². The number of aryl methyl sites for hydroxylation is 3. The van der Waals surface area contributed by atoms with Crippen LogP contribution >= 0.6 is 0 Å². The van der Waals surface area contributed by atoms with Crippen molar-refractivity contribution in [1.82, 2.24) is 10.0 Å². The van der Waals surface area contributed by atoms with E-state index < -0.39 is 10.0 Å². The third-order valence-electron chi connectivity index (χ3n) is 2.93. The molecule has 0 bridgehead atoms. The Bertz CT molecular complexity index is 510. The molecular weight excluding hydrogens is 248 g/mol. The van der Waals surface area contributed by atoms with Crippen LogP contribution in [0.5, 0.6) is 0 Å².